The van der Waals surface area contributed by atoms with Crippen LogP contribution in [0.1, 0.15) is 16.1 Å². The molecule has 2 aliphatic rings. The number of carbonyl (C=O) groups is 1. The zero-order valence-electron chi connectivity index (χ0n) is 10.7. The van der Waals surface area contributed by atoms with Crippen LogP contribution in [0, 0.1) is 5.92 Å². The molecule has 5 nitrogen and oxygen atoms in total. The maximum absolute atomic E-state index is 12.4. The smallest absolute Gasteiger partial charge is 0.264 e. The highest BCUT2D eigenvalue weighted by Gasteiger charge is 2.45. The summed E-state index contributed by atoms with van der Waals surface area (Å²) in [4.78, 5) is 15.0. The van der Waals surface area contributed by atoms with E-state index in [-0.39, 0.29) is 11.9 Å². The Bertz CT molecular complexity index is 582. The molecule has 0 bridgehead atoms. The van der Waals surface area contributed by atoms with E-state index in [1.165, 1.54) is 21.9 Å². The van der Waals surface area contributed by atoms with Gasteiger partial charge in [-0.3, -0.25) is 4.79 Å². The molecule has 0 saturated carbocycles. The minimum absolute atomic E-state index is 0.0397. The van der Waals surface area contributed by atoms with Gasteiger partial charge in [-0.1, -0.05) is 6.07 Å². The molecule has 1 amide bonds. The number of fused-ring (bicyclic) bond motifs is 1. The third-order valence-electron chi connectivity index (χ3n) is 3.98. The molecule has 3 rings (SSSR count). The summed E-state index contributed by atoms with van der Waals surface area (Å²) in [7, 11) is -3.15. The van der Waals surface area contributed by atoms with Gasteiger partial charge in [0, 0.05) is 25.7 Å². The number of likely N-dealkylation sites (tertiary alicyclic amines) is 1. The van der Waals surface area contributed by atoms with Crippen LogP contribution in [0.3, 0.4) is 0 Å². The standard InChI is InChI=1S/C12H16N2O3S2/c1-19(16,17)13-7-9-4-5-14(10(9)8-13)12(15)11-3-2-6-18-11/h2-3,6,9-10H,4-5,7-8H2,1H3. The van der Waals surface area contributed by atoms with Gasteiger partial charge in [0.15, 0.2) is 0 Å². The molecular formula is C12H16N2O3S2. The van der Waals surface area contributed by atoms with Crippen molar-refractivity contribution in [1.82, 2.24) is 9.21 Å². The fraction of sp³-hybridized carbons (Fsp3) is 0.583. The Morgan fingerprint density at radius 2 is 2.21 bits per heavy atom. The minimum atomic E-state index is -3.15. The molecule has 1 aromatic heterocycles. The van der Waals surface area contributed by atoms with Crippen molar-refractivity contribution in [2.45, 2.75) is 12.5 Å². The number of hydrogen-bond acceptors (Lipinski definition) is 4. The van der Waals surface area contributed by atoms with Gasteiger partial charge in [-0.05, 0) is 23.8 Å². The second-order valence-electron chi connectivity index (χ2n) is 5.17. The van der Waals surface area contributed by atoms with Crippen LogP contribution in [0.25, 0.3) is 0 Å². The fourth-order valence-corrected chi connectivity index (χ4v) is 4.55. The van der Waals surface area contributed by atoms with E-state index in [1.807, 2.05) is 22.4 Å². The molecule has 7 heteroatoms. The normalized spacial score (nSPS) is 27.7. The lowest BCUT2D eigenvalue weighted by atomic mass is 10.1. The number of sulfonamides is 1. The van der Waals surface area contributed by atoms with E-state index in [9.17, 15) is 13.2 Å². The lowest BCUT2D eigenvalue weighted by Gasteiger charge is -2.23. The Hall–Kier alpha value is -0.920. The molecule has 2 unspecified atom stereocenters. The summed E-state index contributed by atoms with van der Waals surface area (Å²) in [6.07, 6.45) is 2.13. The summed E-state index contributed by atoms with van der Waals surface area (Å²) in [5.41, 5.74) is 0. The van der Waals surface area contributed by atoms with Crippen LogP contribution >= 0.6 is 11.3 Å². The quantitative estimate of drug-likeness (QED) is 0.814. The third kappa shape index (κ3) is 2.30. The molecule has 104 valence electrons. The van der Waals surface area contributed by atoms with Crippen LogP contribution < -0.4 is 0 Å². The van der Waals surface area contributed by atoms with Crippen LogP contribution in [0.2, 0.25) is 0 Å². The number of carbonyl (C=O) groups excluding carboxylic acids is 1. The van der Waals surface area contributed by atoms with E-state index >= 15 is 0 Å². The van der Waals surface area contributed by atoms with Crippen molar-refractivity contribution in [3.63, 3.8) is 0 Å². The number of thiophene rings is 1. The first kappa shape index (κ1) is 13.1. The number of amides is 1. The lowest BCUT2D eigenvalue weighted by Crippen LogP contribution is -2.40. The van der Waals surface area contributed by atoms with E-state index in [2.05, 4.69) is 0 Å². The van der Waals surface area contributed by atoms with Crippen molar-refractivity contribution >= 4 is 27.3 Å². The molecule has 2 saturated heterocycles. The van der Waals surface area contributed by atoms with Crippen LogP contribution in [-0.4, -0.2) is 55.5 Å². The van der Waals surface area contributed by atoms with Crippen molar-refractivity contribution in [2.24, 2.45) is 5.92 Å². The van der Waals surface area contributed by atoms with Crippen LogP contribution in [0.15, 0.2) is 17.5 Å². The first-order valence-electron chi connectivity index (χ1n) is 6.26. The first-order chi connectivity index (χ1) is 8.97. The average molecular weight is 300 g/mol. The Labute approximate surface area is 116 Å². The van der Waals surface area contributed by atoms with Crippen LogP contribution in [0.5, 0.6) is 0 Å². The van der Waals surface area contributed by atoms with E-state index in [0.29, 0.717) is 19.0 Å². The van der Waals surface area contributed by atoms with Crippen molar-refractivity contribution in [2.75, 3.05) is 25.9 Å². The highest BCUT2D eigenvalue weighted by atomic mass is 32.2. The molecule has 0 N–H and O–H groups in total. The Morgan fingerprint density at radius 1 is 1.42 bits per heavy atom. The van der Waals surface area contributed by atoms with Gasteiger partial charge < -0.3 is 4.90 Å². The summed E-state index contributed by atoms with van der Waals surface area (Å²) in [6, 6.07) is 3.73. The SMILES string of the molecule is CS(=O)(=O)N1CC2CCN(C(=O)c3cccs3)C2C1. The molecule has 0 aliphatic carbocycles. The molecule has 19 heavy (non-hydrogen) atoms. The van der Waals surface area contributed by atoms with E-state index in [0.717, 1.165) is 17.8 Å². The van der Waals surface area contributed by atoms with Crippen molar-refractivity contribution in [3.8, 4) is 0 Å². The monoisotopic (exact) mass is 300 g/mol. The van der Waals surface area contributed by atoms with Crippen molar-refractivity contribution < 1.29 is 13.2 Å². The van der Waals surface area contributed by atoms with Gasteiger partial charge in [0.2, 0.25) is 10.0 Å². The Kier molecular flexibility index (Phi) is 3.15. The van der Waals surface area contributed by atoms with E-state index in [1.54, 1.807) is 0 Å². The predicted octanol–water partition coefficient (Wildman–Crippen LogP) is 0.854. The summed E-state index contributed by atoms with van der Waals surface area (Å²) in [5.74, 6) is 0.330. The largest absolute Gasteiger partial charge is 0.333 e. The second kappa shape index (κ2) is 4.57. The van der Waals surface area contributed by atoms with E-state index in [4.69, 9.17) is 0 Å². The summed E-state index contributed by atoms with van der Waals surface area (Å²) >= 11 is 1.44. The summed E-state index contributed by atoms with van der Waals surface area (Å²) in [5, 5.41) is 1.89. The number of rotatable bonds is 2. The zero-order chi connectivity index (χ0) is 13.6. The Morgan fingerprint density at radius 3 is 2.84 bits per heavy atom. The molecule has 3 heterocycles. The van der Waals surface area contributed by atoms with Gasteiger partial charge in [0.1, 0.15) is 0 Å². The third-order valence-corrected chi connectivity index (χ3v) is 6.07. The second-order valence-corrected chi connectivity index (χ2v) is 8.10. The summed E-state index contributed by atoms with van der Waals surface area (Å²) < 4.78 is 24.7. The van der Waals surface area contributed by atoms with Gasteiger partial charge in [0.25, 0.3) is 5.91 Å². The minimum Gasteiger partial charge on any atom is -0.333 e. The van der Waals surface area contributed by atoms with Crippen molar-refractivity contribution in [1.29, 1.82) is 0 Å². The maximum atomic E-state index is 12.4. The molecule has 2 fully saturated rings. The molecular weight excluding hydrogens is 284 g/mol. The molecule has 0 spiro atoms. The lowest BCUT2D eigenvalue weighted by molar-refractivity contribution is 0.0737. The van der Waals surface area contributed by atoms with Crippen LogP contribution in [0.4, 0.5) is 0 Å². The number of hydrogen-bond donors (Lipinski definition) is 0. The first-order valence-corrected chi connectivity index (χ1v) is 8.99. The molecule has 0 radical (unpaired) electrons. The molecule has 2 atom stereocenters. The zero-order valence-corrected chi connectivity index (χ0v) is 12.3. The van der Waals surface area contributed by atoms with Gasteiger partial charge in [0.05, 0.1) is 11.1 Å². The summed E-state index contributed by atoms with van der Waals surface area (Å²) in [6.45, 7) is 1.74. The molecule has 1 aromatic rings. The topological polar surface area (TPSA) is 57.7 Å². The van der Waals surface area contributed by atoms with E-state index < -0.39 is 10.0 Å². The molecule has 2 aliphatic heterocycles. The van der Waals surface area contributed by atoms with Crippen LogP contribution in [-0.2, 0) is 10.0 Å². The maximum Gasteiger partial charge on any atom is 0.264 e. The van der Waals surface area contributed by atoms with Gasteiger partial charge in [-0.2, -0.15) is 4.31 Å². The van der Waals surface area contributed by atoms with Gasteiger partial charge in [-0.15, -0.1) is 11.3 Å². The highest BCUT2D eigenvalue weighted by Crippen LogP contribution is 2.33. The fourth-order valence-electron chi connectivity index (χ4n) is 2.99. The van der Waals surface area contributed by atoms with Gasteiger partial charge in [-0.25, -0.2) is 8.42 Å². The van der Waals surface area contributed by atoms with Gasteiger partial charge >= 0.3 is 0 Å². The van der Waals surface area contributed by atoms with Crippen molar-refractivity contribution in [3.05, 3.63) is 22.4 Å². The molecule has 0 aromatic carbocycles. The average Bonchev–Trinajstić information content (AvgIpc) is 3.03. The number of nitrogens with zero attached hydrogens (tertiary/aromatic N) is 2. The Balaban J connectivity index is 1.78. The predicted molar refractivity (Wildman–Crippen MR) is 73.7 cm³/mol. The highest BCUT2D eigenvalue weighted by molar-refractivity contribution is 7.88.